The van der Waals surface area contributed by atoms with Gasteiger partial charge >= 0.3 is 0 Å². The van der Waals surface area contributed by atoms with Gasteiger partial charge in [0.25, 0.3) is 5.91 Å². The van der Waals surface area contributed by atoms with E-state index in [2.05, 4.69) is 19.2 Å². The van der Waals surface area contributed by atoms with Gasteiger partial charge in [0.15, 0.2) is 0 Å². The first kappa shape index (κ1) is 25.7. The van der Waals surface area contributed by atoms with Crippen LogP contribution in [0.3, 0.4) is 0 Å². The van der Waals surface area contributed by atoms with Gasteiger partial charge in [-0.25, -0.2) is 4.90 Å². The van der Waals surface area contributed by atoms with Gasteiger partial charge in [-0.05, 0) is 48.6 Å². The summed E-state index contributed by atoms with van der Waals surface area (Å²) in [6, 6.07) is 23.7. The fourth-order valence-electron chi connectivity index (χ4n) is 7.46. The van der Waals surface area contributed by atoms with Crippen LogP contribution in [0.2, 0.25) is 0 Å². The predicted octanol–water partition coefficient (Wildman–Crippen LogP) is 3.64. The molecule has 4 amide bonds. The summed E-state index contributed by atoms with van der Waals surface area (Å²) in [7, 11) is 0. The summed E-state index contributed by atoms with van der Waals surface area (Å²) >= 11 is 0. The van der Waals surface area contributed by atoms with Crippen LogP contribution in [0.1, 0.15) is 31.4 Å². The van der Waals surface area contributed by atoms with Crippen molar-refractivity contribution in [2.75, 3.05) is 27.8 Å². The minimum Gasteiger partial charge on any atom is -0.310 e. The van der Waals surface area contributed by atoms with E-state index in [-0.39, 0.29) is 42.1 Å². The van der Waals surface area contributed by atoms with Crippen molar-refractivity contribution in [2.24, 2.45) is 17.8 Å². The van der Waals surface area contributed by atoms with E-state index in [0.717, 1.165) is 17.7 Å². The molecule has 8 heteroatoms. The van der Waals surface area contributed by atoms with Crippen LogP contribution in [0, 0.1) is 17.8 Å². The summed E-state index contributed by atoms with van der Waals surface area (Å²) in [6.07, 6.45) is 1.40. The molecule has 0 aromatic heterocycles. The van der Waals surface area contributed by atoms with Crippen molar-refractivity contribution in [1.29, 1.82) is 0 Å². The lowest BCUT2D eigenvalue weighted by Crippen LogP contribution is -2.56. The van der Waals surface area contributed by atoms with Gasteiger partial charge in [-0.15, -0.1) is 0 Å². The normalized spacial score (nSPS) is 26.4. The first-order chi connectivity index (χ1) is 19.8. The molecule has 2 saturated heterocycles. The minimum absolute atomic E-state index is 0.148. The molecule has 3 aromatic rings. The summed E-state index contributed by atoms with van der Waals surface area (Å²) in [5.41, 5.74) is 2.32. The molecule has 3 aromatic carbocycles. The summed E-state index contributed by atoms with van der Waals surface area (Å²) in [5.74, 6) is -2.57. The summed E-state index contributed by atoms with van der Waals surface area (Å²) < 4.78 is 0. The summed E-state index contributed by atoms with van der Waals surface area (Å²) in [6.45, 7) is 4.55. The SMILES string of the molecule is CC(C)C[C@H]1N[C@]2(C(=O)N(CC(=O)N3CCc4ccccc43)c3ccccc32)[C@@H]2C(=O)N(c3ccccc3)C(=O)[C@@H]21. The van der Waals surface area contributed by atoms with Crippen LogP contribution in [0.15, 0.2) is 78.9 Å². The Morgan fingerprint density at radius 2 is 1.59 bits per heavy atom. The molecular formula is C33H32N4O4. The Labute approximate surface area is 238 Å². The van der Waals surface area contributed by atoms with Crippen molar-refractivity contribution in [3.05, 3.63) is 90.0 Å². The summed E-state index contributed by atoms with van der Waals surface area (Å²) in [5, 5.41) is 3.54. The number of nitrogens with zero attached hydrogens (tertiary/aromatic N) is 3. The third kappa shape index (κ3) is 3.63. The zero-order valence-electron chi connectivity index (χ0n) is 23.1. The maximum absolute atomic E-state index is 14.7. The van der Waals surface area contributed by atoms with E-state index >= 15 is 0 Å². The van der Waals surface area contributed by atoms with Gasteiger partial charge in [-0.3, -0.25) is 24.5 Å². The lowest BCUT2D eigenvalue weighted by Gasteiger charge is -2.31. The monoisotopic (exact) mass is 548 g/mol. The van der Waals surface area contributed by atoms with Crippen LogP contribution in [0.5, 0.6) is 0 Å². The van der Waals surface area contributed by atoms with Gasteiger partial charge in [-0.1, -0.05) is 68.4 Å². The Hall–Kier alpha value is -4.30. The van der Waals surface area contributed by atoms with Crippen molar-refractivity contribution < 1.29 is 19.2 Å². The van der Waals surface area contributed by atoms with E-state index < -0.39 is 17.4 Å². The Morgan fingerprint density at radius 3 is 2.34 bits per heavy atom. The third-order valence-corrected chi connectivity index (χ3v) is 9.09. The average Bonchev–Trinajstić information content (AvgIpc) is 3.68. The molecule has 4 aliphatic rings. The molecule has 0 unspecified atom stereocenters. The van der Waals surface area contributed by atoms with Crippen LogP contribution >= 0.6 is 0 Å². The van der Waals surface area contributed by atoms with Crippen molar-refractivity contribution in [3.8, 4) is 0 Å². The molecule has 0 saturated carbocycles. The lowest BCUT2D eigenvalue weighted by atomic mass is 9.76. The highest BCUT2D eigenvalue weighted by Crippen LogP contribution is 2.55. The number of para-hydroxylation sites is 3. The Bertz CT molecular complexity index is 1590. The number of nitrogens with one attached hydrogen (secondary N) is 1. The molecule has 0 bridgehead atoms. The molecule has 1 N–H and O–H groups in total. The predicted molar refractivity (Wildman–Crippen MR) is 155 cm³/mol. The van der Waals surface area contributed by atoms with E-state index in [1.807, 2.05) is 54.6 Å². The van der Waals surface area contributed by atoms with Gasteiger partial charge in [0, 0.05) is 29.5 Å². The van der Waals surface area contributed by atoms with Crippen molar-refractivity contribution in [2.45, 2.75) is 38.3 Å². The third-order valence-electron chi connectivity index (χ3n) is 9.09. The highest BCUT2D eigenvalue weighted by Gasteiger charge is 2.71. The van der Waals surface area contributed by atoms with Gasteiger partial charge < -0.3 is 9.80 Å². The number of rotatable bonds is 5. The smallest absolute Gasteiger partial charge is 0.253 e. The van der Waals surface area contributed by atoms with Crippen LogP contribution < -0.4 is 20.0 Å². The molecule has 4 heterocycles. The fraction of sp³-hybridized carbons (Fsp3) is 0.333. The Morgan fingerprint density at radius 1 is 0.902 bits per heavy atom. The Balaban J connectivity index is 1.30. The maximum atomic E-state index is 14.7. The zero-order chi connectivity index (χ0) is 28.5. The number of imide groups is 1. The number of benzene rings is 3. The fourth-order valence-corrected chi connectivity index (χ4v) is 7.46. The standard InChI is InChI=1S/C33H32N4O4/c1-20(2)18-24-28-29(31(40)37(30(28)39)22-11-4-3-5-12-22)33(34-24)23-13-7-9-15-26(23)36(32(33)41)19-27(38)35-17-16-21-10-6-8-14-25(21)35/h3-15,20,24,28-29,34H,16-19H2,1-2H3/t24-,28-,29+,33+/m1/s1. The molecule has 8 nitrogen and oxygen atoms in total. The number of carbonyl (C=O) groups is 4. The minimum atomic E-state index is -1.43. The van der Waals surface area contributed by atoms with E-state index in [0.29, 0.717) is 29.9 Å². The molecule has 0 radical (unpaired) electrons. The van der Waals surface area contributed by atoms with Crippen molar-refractivity contribution in [3.63, 3.8) is 0 Å². The molecule has 7 rings (SSSR count). The van der Waals surface area contributed by atoms with Crippen LogP contribution in [0.4, 0.5) is 17.1 Å². The van der Waals surface area contributed by atoms with E-state index in [9.17, 15) is 19.2 Å². The number of anilines is 3. The molecule has 2 fully saturated rings. The van der Waals surface area contributed by atoms with Gasteiger partial charge in [0.1, 0.15) is 12.1 Å². The van der Waals surface area contributed by atoms with Crippen LogP contribution in [-0.4, -0.2) is 42.8 Å². The molecule has 208 valence electrons. The van der Waals surface area contributed by atoms with Gasteiger partial charge in [0.05, 0.1) is 17.5 Å². The molecule has 4 atom stereocenters. The largest absolute Gasteiger partial charge is 0.310 e. The van der Waals surface area contributed by atoms with Crippen LogP contribution in [0.25, 0.3) is 0 Å². The average molecular weight is 549 g/mol. The number of hydrogen-bond acceptors (Lipinski definition) is 5. The van der Waals surface area contributed by atoms with Crippen molar-refractivity contribution >= 4 is 40.7 Å². The number of hydrogen-bond donors (Lipinski definition) is 1. The second-order valence-electron chi connectivity index (χ2n) is 11.9. The van der Waals surface area contributed by atoms with Gasteiger partial charge in [0.2, 0.25) is 17.7 Å². The molecule has 0 aliphatic carbocycles. The highest BCUT2D eigenvalue weighted by molar-refractivity contribution is 6.26. The maximum Gasteiger partial charge on any atom is 0.253 e. The molecule has 4 aliphatic heterocycles. The second kappa shape index (κ2) is 9.38. The lowest BCUT2D eigenvalue weighted by molar-refractivity contribution is -0.132. The van der Waals surface area contributed by atoms with E-state index in [1.165, 1.54) is 9.80 Å². The number of fused-ring (bicyclic) bond motifs is 5. The van der Waals surface area contributed by atoms with Crippen LogP contribution in [-0.2, 0) is 31.1 Å². The quantitative estimate of drug-likeness (QED) is 0.492. The number of amides is 4. The zero-order valence-corrected chi connectivity index (χ0v) is 23.1. The first-order valence-electron chi connectivity index (χ1n) is 14.3. The molecule has 1 spiro atoms. The highest BCUT2D eigenvalue weighted by atomic mass is 16.2. The summed E-state index contributed by atoms with van der Waals surface area (Å²) in [4.78, 5) is 61.1. The first-order valence-corrected chi connectivity index (χ1v) is 14.3. The molecular weight excluding hydrogens is 516 g/mol. The Kier molecular flexibility index (Phi) is 5.87. The number of carbonyl (C=O) groups excluding carboxylic acids is 4. The second-order valence-corrected chi connectivity index (χ2v) is 11.9. The van der Waals surface area contributed by atoms with E-state index in [1.54, 1.807) is 29.2 Å². The van der Waals surface area contributed by atoms with E-state index in [4.69, 9.17) is 0 Å². The van der Waals surface area contributed by atoms with Crippen molar-refractivity contribution in [1.82, 2.24) is 5.32 Å². The topological polar surface area (TPSA) is 90.0 Å². The molecule has 41 heavy (non-hydrogen) atoms. The van der Waals surface area contributed by atoms with Gasteiger partial charge in [-0.2, -0.15) is 0 Å².